The molecule has 138 valence electrons. The lowest BCUT2D eigenvalue weighted by molar-refractivity contribution is -0.258. The van der Waals surface area contributed by atoms with E-state index < -0.39 is 35.0 Å². The molecule has 0 aromatic carbocycles. The largest absolute Gasteiger partial charge is 0.461 e. The smallest absolute Gasteiger partial charge is 0.405 e. The Labute approximate surface area is 139 Å². The van der Waals surface area contributed by atoms with Crippen molar-refractivity contribution in [2.24, 2.45) is 28.6 Å². The van der Waals surface area contributed by atoms with E-state index >= 15 is 0 Å². The van der Waals surface area contributed by atoms with Crippen molar-refractivity contribution < 1.29 is 22.7 Å². The van der Waals surface area contributed by atoms with Gasteiger partial charge in [-0.3, -0.25) is 4.79 Å². The van der Waals surface area contributed by atoms with Crippen LogP contribution in [0.15, 0.2) is 0 Å². The van der Waals surface area contributed by atoms with Crippen LogP contribution in [-0.4, -0.2) is 18.2 Å². The van der Waals surface area contributed by atoms with Crippen molar-refractivity contribution in [2.75, 3.05) is 0 Å². The van der Waals surface area contributed by atoms with Gasteiger partial charge in [0.2, 0.25) is 0 Å². The third-order valence-corrected chi connectivity index (χ3v) is 4.22. The summed E-state index contributed by atoms with van der Waals surface area (Å²) < 4.78 is 47.3. The van der Waals surface area contributed by atoms with Gasteiger partial charge in [-0.2, -0.15) is 13.2 Å². The molecule has 0 amide bonds. The molecule has 0 aliphatic heterocycles. The van der Waals surface area contributed by atoms with Gasteiger partial charge in [0.15, 0.2) is 5.41 Å². The van der Waals surface area contributed by atoms with E-state index in [0.717, 1.165) is 0 Å². The number of halogens is 3. The SMILES string of the molecule is CC(C)C(OC(=O)C(CC(C)(C)C)(C(C)C)C(F)(F)F)C(C)C. The zero-order chi connectivity index (χ0) is 18.8. The van der Waals surface area contributed by atoms with Crippen LogP contribution in [0.1, 0.15) is 68.7 Å². The zero-order valence-electron chi connectivity index (χ0n) is 16.0. The molecule has 1 atom stereocenters. The second-order valence-corrected chi connectivity index (χ2v) is 8.72. The standard InChI is InChI=1S/C18H33F3O2/c1-11(2)14(12(3)4)23-15(22)17(13(5)6,18(19,20)21)10-16(7,8)9/h11-14H,10H2,1-9H3. The lowest BCUT2D eigenvalue weighted by Gasteiger charge is -2.42. The summed E-state index contributed by atoms with van der Waals surface area (Å²) in [6.07, 6.45) is -5.46. The minimum absolute atomic E-state index is 0.0355. The number of carbonyl (C=O) groups is 1. The van der Waals surface area contributed by atoms with Gasteiger partial charge in [0, 0.05) is 0 Å². The van der Waals surface area contributed by atoms with E-state index in [2.05, 4.69) is 0 Å². The van der Waals surface area contributed by atoms with Gasteiger partial charge in [-0.05, 0) is 29.6 Å². The Hall–Kier alpha value is -0.740. The van der Waals surface area contributed by atoms with Crippen LogP contribution in [0.5, 0.6) is 0 Å². The first-order valence-electron chi connectivity index (χ1n) is 8.34. The summed E-state index contributed by atoms with van der Waals surface area (Å²) in [4.78, 5) is 12.7. The Morgan fingerprint density at radius 2 is 1.30 bits per heavy atom. The molecule has 0 aromatic rings. The van der Waals surface area contributed by atoms with E-state index in [9.17, 15) is 18.0 Å². The van der Waals surface area contributed by atoms with Crippen LogP contribution in [-0.2, 0) is 9.53 Å². The van der Waals surface area contributed by atoms with Crippen molar-refractivity contribution in [3.63, 3.8) is 0 Å². The number of carbonyl (C=O) groups excluding carboxylic acids is 1. The van der Waals surface area contributed by atoms with Crippen LogP contribution in [0.4, 0.5) is 13.2 Å². The van der Waals surface area contributed by atoms with Gasteiger partial charge in [-0.15, -0.1) is 0 Å². The van der Waals surface area contributed by atoms with Gasteiger partial charge in [-0.25, -0.2) is 0 Å². The maximum Gasteiger partial charge on any atom is 0.405 e. The molecule has 0 heterocycles. The maximum absolute atomic E-state index is 14.0. The summed E-state index contributed by atoms with van der Waals surface area (Å²) in [5.74, 6) is -2.10. The molecule has 0 fully saturated rings. The quantitative estimate of drug-likeness (QED) is 0.568. The Balaban J connectivity index is 5.90. The molecule has 1 unspecified atom stereocenters. The molecule has 0 N–H and O–H groups in total. The molecule has 0 saturated carbocycles. The summed E-state index contributed by atoms with van der Waals surface area (Å²) in [6, 6.07) is 0. The Bertz CT molecular complexity index is 384. The first-order chi connectivity index (χ1) is 10.1. The molecular formula is C18H33F3O2. The lowest BCUT2D eigenvalue weighted by atomic mass is 9.66. The summed E-state index contributed by atoms with van der Waals surface area (Å²) in [5.41, 5.74) is -3.13. The highest BCUT2D eigenvalue weighted by Gasteiger charge is 2.64. The molecule has 0 bridgehead atoms. The van der Waals surface area contributed by atoms with Gasteiger partial charge in [0.05, 0.1) is 0 Å². The van der Waals surface area contributed by atoms with E-state index in [-0.39, 0.29) is 18.3 Å². The predicted octanol–water partition coefficient (Wildman–Crippen LogP) is 5.85. The number of esters is 1. The van der Waals surface area contributed by atoms with Crippen molar-refractivity contribution in [3.05, 3.63) is 0 Å². The summed E-state index contributed by atoms with van der Waals surface area (Å²) in [6.45, 7) is 15.4. The topological polar surface area (TPSA) is 26.3 Å². The third-order valence-electron chi connectivity index (χ3n) is 4.22. The summed E-state index contributed by atoms with van der Waals surface area (Å²) in [7, 11) is 0. The Morgan fingerprint density at radius 1 is 0.913 bits per heavy atom. The lowest BCUT2D eigenvalue weighted by Crippen LogP contribution is -2.53. The monoisotopic (exact) mass is 338 g/mol. The first kappa shape index (κ1) is 22.3. The average molecular weight is 338 g/mol. The van der Waals surface area contributed by atoms with Crippen molar-refractivity contribution in [2.45, 2.75) is 81.0 Å². The van der Waals surface area contributed by atoms with E-state index in [1.165, 1.54) is 13.8 Å². The molecule has 0 saturated heterocycles. The fourth-order valence-corrected chi connectivity index (χ4v) is 3.16. The van der Waals surface area contributed by atoms with Crippen molar-refractivity contribution in [3.8, 4) is 0 Å². The van der Waals surface area contributed by atoms with Crippen LogP contribution in [0, 0.1) is 28.6 Å². The highest BCUT2D eigenvalue weighted by molar-refractivity contribution is 5.78. The first-order valence-corrected chi connectivity index (χ1v) is 8.34. The van der Waals surface area contributed by atoms with Crippen molar-refractivity contribution >= 4 is 5.97 Å². The zero-order valence-corrected chi connectivity index (χ0v) is 16.0. The van der Waals surface area contributed by atoms with E-state index in [0.29, 0.717) is 0 Å². The highest BCUT2D eigenvalue weighted by atomic mass is 19.4. The van der Waals surface area contributed by atoms with E-state index in [1.54, 1.807) is 20.8 Å². The van der Waals surface area contributed by atoms with Crippen LogP contribution in [0.2, 0.25) is 0 Å². The fraction of sp³-hybridized carbons (Fsp3) is 0.944. The van der Waals surface area contributed by atoms with Gasteiger partial charge >= 0.3 is 12.1 Å². The molecule has 0 aromatic heterocycles. The Kier molecular flexibility index (Phi) is 7.20. The maximum atomic E-state index is 14.0. The van der Waals surface area contributed by atoms with Crippen LogP contribution < -0.4 is 0 Å². The minimum atomic E-state index is -4.65. The Morgan fingerprint density at radius 3 is 1.52 bits per heavy atom. The normalized spacial score (nSPS) is 16.3. The second-order valence-electron chi connectivity index (χ2n) is 8.72. The molecule has 5 heteroatoms. The van der Waals surface area contributed by atoms with Gasteiger partial charge < -0.3 is 4.74 Å². The van der Waals surface area contributed by atoms with Gasteiger partial charge in [-0.1, -0.05) is 62.3 Å². The number of hydrogen-bond donors (Lipinski definition) is 0. The molecular weight excluding hydrogens is 305 g/mol. The number of alkyl halides is 3. The number of hydrogen-bond acceptors (Lipinski definition) is 2. The molecule has 0 radical (unpaired) electrons. The van der Waals surface area contributed by atoms with Crippen molar-refractivity contribution in [1.82, 2.24) is 0 Å². The molecule has 0 rings (SSSR count). The van der Waals surface area contributed by atoms with E-state index in [4.69, 9.17) is 4.74 Å². The summed E-state index contributed by atoms with van der Waals surface area (Å²) in [5, 5.41) is 0. The number of rotatable bonds is 6. The summed E-state index contributed by atoms with van der Waals surface area (Å²) >= 11 is 0. The molecule has 2 nitrogen and oxygen atoms in total. The van der Waals surface area contributed by atoms with Gasteiger partial charge in [0.25, 0.3) is 0 Å². The molecule has 0 aliphatic rings. The van der Waals surface area contributed by atoms with Gasteiger partial charge in [0.1, 0.15) is 6.10 Å². The molecule has 0 aliphatic carbocycles. The fourth-order valence-electron chi connectivity index (χ4n) is 3.16. The number of ether oxygens (including phenoxy) is 1. The minimum Gasteiger partial charge on any atom is -0.461 e. The van der Waals surface area contributed by atoms with Crippen LogP contribution >= 0.6 is 0 Å². The molecule has 23 heavy (non-hydrogen) atoms. The second kappa shape index (κ2) is 7.43. The van der Waals surface area contributed by atoms with Crippen LogP contribution in [0.25, 0.3) is 0 Å². The van der Waals surface area contributed by atoms with E-state index in [1.807, 2.05) is 27.7 Å². The van der Waals surface area contributed by atoms with Crippen LogP contribution in [0.3, 0.4) is 0 Å². The third kappa shape index (κ3) is 5.39. The van der Waals surface area contributed by atoms with Crippen molar-refractivity contribution in [1.29, 1.82) is 0 Å². The highest BCUT2D eigenvalue weighted by Crippen LogP contribution is 2.52. The molecule has 0 spiro atoms. The average Bonchev–Trinajstić information content (AvgIpc) is 2.28. The predicted molar refractivity (Wildman–Crippen MR) is 87.0 cm³/mol.